The molecule has 5 nitrogen and oxygen atoms in total. The second kappa shape index (κ2) is 8.44. The molecule has 1 heterocycles. The lowest BCUT2D eigenvalue weighted by Gasteiger charge is -2.24. The van der Waals surface area contributed by atoms with Gasteiger partial charge < -0.3 is 14.2 Å². The Morgan fingerprint density at radius 3 is 2.88 bits per heavy atom. The van der Waals surface area contributed by atoms with Crippen LogP contribution < -0.4 is 0 Å². The maximum absolute atomic E-state index is 11.1. The standard InChI is InChI=1S/C12H23NO4/c1-3-13(10-11(14)15-2)7-9-17-12-6-4-5-8-16-12/h12H,3-10H2,1-2H3. The van der Waals surface area contributed by atoms with E-state index >= 15 is 0 Å². The van der Waals surface area contributed by atoms with Crippen LogP contribution >= 0.6 is 0 Å². The van der Waals surface area contributed by atoms with Gasteiger partial charge in [-0.2, -0.15) is 0 Å². The molecule has 0 amide bonds. The van der Waals surface area contributed by atoms with Gasteiger partial charge in [0, 0.05) is 13.2 Å². The topological polar surface area (TPSA) is 48.0 Å². The van der Waals surface area contributed by atoms with Crippen molar-refractivity contribution in [2.75, 3.05) is 40.0 Å². The van der Waals surface area contributed by atoms with Crippen molar-refractivity contribution in [3.05, 3.63) is 0 Å². The quantitative estimate of drug-likeness (QED) is 0.627. The van der Waals surface area contributed by atoms with Gasteiger partial charge >= 0.3 is 5.97 Å². The Morgan fingerprint density at radius 1 is 1.47 bits per heavy atom. The number of likely N-dealkylation sites (N-methyl/N-ethyl adjacent to an activating group) is 1. The van der Waals surface area contributed by atoms with E-state index in [1.807, 2.05) is 11.8 Å². The fourth-order valence-corrected chi connectivity index (χ4v) is 1.75. The Labute approximate surface area is 103 Å². The Kier molecular flexibility index (Phi) is 7.16. The van der Waals surface area contributed by atoms with Gasteiger partial charge in [0.15, 0.2) is 6.29 Å². The summed E-state index contributed by atoms with van der Waals surface area (Å²) in [6, 6.07) is 0. The van der Waals surface area contributed by atoms with Crippen LogP contribution in [0.4, 0.5) is 0 Å². The van der Waals surface area contributed by atoms with Gasteiger partial charge in [-0.1, -0.05) is 6.92 Å². The Morgan fingerprint density at radius 2 is 2.29 bits per heavy atom. The van der Waals surface area contributed by atoms with E-state index < -0.39 is 0 Å². The molecule has 0 aromatic heterocycles. The van der Waals surface area contributed by atoms with E-state index in [9.17, 15) is 4.79 Å². The number of carbonyl (C=O) groups is 1. The summed E-state index contributed by atoms with van der Waals surface area (Å²) in [7, 11) is 1.41. The molecule has 1 saturated heterocycles. The van der Waals surface area contributed by atoms with Gasteiger partial charge in [-0.3, -0.25) is 9.69 Å². The molecule has 5 heteroatoms. The number of hydrogen-bond donors (Lipinski definition) is 0. The predicted molar refractivity (Wildman–Crippen MR) is 63.7 cm³/mol. The van der Waals surface area contributed by atoms with E-state index in [0.717, 1.165) is 32.5 Å². The predicted octanol–water partition coefficient (Wildman–Crippen LogP) is 1.02. The fraction of sp³-hybridized carbons (Fsp3) is 0.917. The second-order valence-corrected chi connectivity index (χ2v) is 4.11. The molecule has 1 aliphatic heterocycles. The number of esters is 1. The third kappa shape index (κ3) is 6.00. The molecule has 0 radical (unpaired) electrons. The molecule has 0 aromatic rings. The van der Waals surface area contributed by atoms with Gasteiger partial charge in [-0.15, -0.1) is 0 Å². The Hall–Kier alpha value is -0.650. The molecule has 1 atom stereocenters. The van der Waals surface area contributed by atoms with Crippen molar-refractivity contribution in [1.82, 2.24) is 4.90 Å². The highest BCUT2D eigenvalue weighted by atomic mass is 16.7. The average molecular weight is 245 g/mol. The van der Waals surface area contributed by atoms with Gasteiger partial charge in [0.1, 0.15) is 0 Å². The lowest BCUT2D eigenvalue weighted by molar-refractivity contribution is -0.164. The molecule has 17 heavy (non-hydrogen) atoms. The molecule has 0 saturated carbocycles. The first-order valence-corrected chi connectivity index (χ1v) is 6.28. The van der Waals surface area contributed by atoms with Crippen LogP contribution in [-0.2, 0) is 19.0 Å². The Balaban J connectivity index is 2.11. The van der Waals surface area contributed by atoms with E-state index in [4.69, 9.17) is 9.47 Å². The molecule has 0 bridgehead atoms. The van der Waals surface area contributed by atoms with E-state index in [2.05, 4.69) is 4.74 Å². The van der Waals surface area contributed by atoms with Crippen molar-refractivity contribution < 1.29 is 19.0 Å². The molecule has 1 fully saturated rings. The maximum Gasteiger partial charge on any atom is 0.319 e. The van der Waals surface area contributed by atoms with Gasteiger partial charge in [0.2, 0.25) is 0 Å². The summed E-state index contributed by atoms with van der Waals surface area (Å²) in [6.07, 6.45) is 3.22. The van der Waals surface area contributed by atoms with Crippen LogP contribution in [-0.4, -0.2) is 57.1 Å². The molecule has 1 rings (SSSR count). The first-order valence-electron chi connectivity index (χ1n) is 6.28. The minimum atomic E-state index is -0.208. The number of carbonyl (C=O) groups excluding carboxylic acids is 1. The third-order valence-electron chi connectivity index (χ3n) is 2.88. The summed E-state index contributed by atoms with van der Waals surface area (Å²) >= 11 is 0. The van der Waals surface area contributed by atoms with E-state index in [1.54, 1.807) is 0 Å². The van der Waals surface area contributed by atoms with Gasteiger partial charge in [-0.05, 0) is 25.8 Å². The van der Waals surface area contributed by atoms with Gasteiger partial charge in [-0.25, -0.2) is 0 Å². The summed E-state index contributed by atoms with van der Waals surface area (Å²) in [5.41, 5.74) is 0. The van der Waals surface area contributed by atoms with Crippen LogP contribution in [0.5, 0.6) is 0 Å². The monoisotopic (exact) mass is 245 g/mol. The summed E-state index contributed by atoms with van der Waals surface area (Å²) in [5.74, 6) is -0.208. The number of rotatable bonds is 7. The Bertz CT molecular complexity index is 217. The zero-order chi connectivity index (χ0) is 12.5. The summed E-state index contributed by atoms with van der Waals surface area (Å²) in [4.78, 5) is 13.1. The van der Waals surface area contributed by atoms with Crippen molar-refractivity contribution in [3.63, 3.8) is 0 Å². The smallest absolute Gasteiger partial charge is 0.319 e. The van der Waals surface area contributed by atoms with Crippen molar-refractivity contribution in [1.29, 1.82) is 0 Å². The van der Waals surface area contributed by atoms with Gasteiger partial charge in [0.05, 0.1) is 20.3 Å². The molecule has 0 N–H and O–H groups in total. The molecule has 1 unspecified atom stereocenters. The normalized spacial score (nSPS) is 20.5. The molecular weight excluding hydrogens is 222 g/mol. The molecular formula is C12H23NO4. The second-order valence-electron chi connectivity index (χ2n) is 4.11. The van der Waals surface area contributed by atoms with E-state index in [-0.39, 0.29) is 12.3 Å². The van der Waals surface area contributed by atoms with E-state index in [1.165, 1.54) is 13.5 Å². The molecule has 0 spiro atoms. The molecule has 100 valence electrons. The van der Waals surface area contributed by atoms with Gasteiger partial charge in [0.25, 0.3) is 0 Å². The van der Waals surface area contributed by atoms with Crippen molar-refractivity contribution in [2.45, 2.75) is 32.5 Å². The highest BCUT2D eigenvalue weighted by Gasteiger charge is 2.15. The van der Waals surface area contributed by atoms with Crippen LogP contribution in [0.3, 0.4) is 0 Å². The van der Waals surface area contributed by atoms with Crippen molar-refractivity contribution in [2.24, 2.45) is 0 Å². The van der Waals surface area contributed by atoms with Crippen LogP contribution in [0.25, 0.3) is 0 Å². The molecule has 0 aromatic carbocycles. The van der Waals surface area contributed by atoms with Crippen LogP contribution in [0.15, 0.2) is 0 Å². The largest absolute Gasteiger partial charge is 0.468 e. The number of ether oxygens (including phenoxy) is 3. The number of methoxy groups -OCH3 is 1. The number of hydrogen-bond acceptors (Lipinski definition) is 5. The zero-order valence-corrected chi connectivity index (χ0v) is 10.8. The third-order valence-corrected chi connectivity index (χ3v) is 2.88. The van der Waals surface area contributed by atoms with Crippen LogP contribution in [0, 0.1) is 0 Å². The SMILES string of the molecule is CCN(CCOC1CCCCO1)CC(=O)OC. The summed E-state index contributed by atoms with van der Waals surface area (Å²) in [6.45, 7) is 5.26. The lowest BCUT2D eigenvalue weighted by atomic mass is 10.2. The zero-order valence-electron chi connectivity index (χ0n) is 10.8. The summed E-state index contributed by atoms with van der Waals surface area (Å²) < 4.78 is 15.7. The molecule has 1 aliphatic rings. The maximum atomic E-state index is 11.1. The minimum absolute atomic E-state index is 0.0550. The average Bonchev–Trinajstić information content (AvgIpc) is 2.38. The highest BCUT2D eigenvalue weighted by molar-refractivity contribution is 5.71. The van der Waals surface area contributed by atoms with Crippen LogP contribution in [0.1, 0.15) is 26.2 Å². The van der Waals surface area contributed by atoms with Crippen LogP contribution in [0.2, 0.25) is 0 Å². The minimum Gasteiger partial charge on any atom is -0.468 e. The number of nitrogens with zero attached hydrogens (tertiary/aromatic N) is 1. The van der Waals surface area contributed by atoms with Crippen molar-refractivity contribution >= 4 is 5.97 Å². The highest BCUT2D eigenvalue weighted by Crippen LogP contribution is 2.13. The molecule has 0 aliphatic carbocycles. The first kappa shape index (κ1) is 14.4. The van der Waals surface area contributed by atoms with E-state index in [0.29, 0.717) is 13.2 Å². The lowest BCUT2D eigenvalue weighted by Crippen LogP contribution is -2.34. The first-order chi connectivity index (χ1) is 8.26. The summed E-state index contributed by atoms with van der Waals surface area (Å²) in [5, 5.41) is 0. The fourth-order valence-electron chi connectivity index (χ4n) is 1.75. The van der Waals surface area contributed by atoms with Crippen molar-refractivity contribution in [3.8, 4) is 0 Å².